The van der Waals surface area contributed by atoms with Crippen molar-refractivity contribution in [1.82, 2.24) is 0 Å². The van der Waals surface area contributed by atoms with Crippen LogP contribution in [0.4, 0.5) is 0 Å². The zero-order valence-corrected chi connectivity index (χ0v) is 6.47. The molecule has 1 unspecified atom stereocenters. The summed E-state index contributed by atoms with van der Waals surface area (Å²) in [4.78, 5) is 10.8. The van der Waals surface area contributed by atoms with Gasteiger partial charge in [0.05, 0.1) is 0 Å². The van der Waals surface area contributed by atoms with E-state index in [2.05, 4.69) is 12.2 Å². The van der Waals surface area contributed by atoms with Crippen LogP contribution in [0.15, 0.2) is 12.2 Å². The van der Waals surface area contributed by atoms with Gasteiger partial charge in [-0.3, -0.25) is 4.79 Å². The maximum absolute atomic E-state index is 10.8. The van der Waals surface area contributed by atoms with Crippen molar-refractivity contribution < 1.29 is 4.79 Å². The molecule has 0 heterocycles. The molecule has 1 atom stereocenters. The van der Waals surface area contributed by atoms with Gasteiger partial charge >= 0.3 is 0 Å². The van der Waals surface area contributed by atoms with E-state index in [4.69, 9.17) is 0 Å². The summed E-state index contributed by atoms with van der Waals surface area (Å²) in [5.41, 5.74) is 0. The highest BCUT2D eigenvalue weighted by molar-refractivity contribution is 5.80. The Labute approximate surface area is 62.1 Å². The summed E-state index contributed by atoms with van der Waals surface area (Å²) in [6.07, 6.45) is 8.07. The van der Waals surface area contributed by atoms with Crippen LogP contribution >= 0.6 is 0 Å². The Morgan fingerprint density at radius 3 is 3.00 bits per heavy atom. The molecule has 0 N–H and O–H groups in total. The van der Waals surface area contributed by atoms with Crippen LogP contribution in [-0.2, 0) is 4.79 Å². The van der Waals surface area contributed by atoms with Gasteiger partial charge in [-0.05, 0) is 25.7 Å². The maximum atomic E-state index is 10.8. The number of ketones is 1. The fourth-order valence-corrected chi connectivity index (χ4v) is 1.42. The van der Waals surface area contributed by atoms with Gasteiger partial charge in [0.2, 0.25) is 0 Å². The Hall–Kier alpha value is -0.590. The summed E-state index contributed by atoms with van der Waals surface area (Å²) in [5.74, 6) is 1.11. The molecule has 0 saturated heterocycles. The van der Waals surface area contributed by atoms with Crippen LogP contribution in [0.2, 0.25) is 0 Å². The zero-order valence-electron chi connectivity index (χ0n) is 6.47. The molecule has 0 aliphatic heterocycles. The van der Waals surface area contributed by atoms with Crippen molar-refractivity contribution in [1.29, 1.82) is 0 Å². The molecule has 10 heavy (non-hydrogen) atoms. The van der Waals surface area contributed by atoms with E-state index in [1.165, 1.54) is 0 Å². The van der Waals surface area contributed by atoms with Crippen LogP contribution in [-0.4, -0.2) is 5.78 Å². The molecule has 1 fully saturated rings. The Morgan fingerprint density at radius 2 is 2.50 bits per heavy atom. The van der Waals surface area contributed by atoms with Gasteiger partial charge in [0.25, 0.3) is 0 Å². The molecular weight excluding hydrogens is 124 g/mol. The fraction of sp³-hybridized carbons (Fsp3) is 0.667. The van der Waals surface area contributed by atoms with Crippen LogP contribution in [0.3, 0.4) is 0 Å². The van der Waals surface area contributed by atoms with Crippen LogP contribution in [0.5, 0.6) is 0 Å². The first-order chi connectivity index (χ1) is 4.83. The molecule has 0 bridgehead atoms. The van der Waals surface area contributed by atoms with Gasteiger partial charge in [0, 0.05) is 12.8 Å². The molecule has 0 radical (unpaired) electrons. The summed E-state index contributed by atoms with van der Waals surface area (Å²) >= 11 is 0. The van der Waals surface area contributed by atoms with Gasteiger partial charge in [0.15, 0.2) is 0 Å². The molecule has 1 nitrogen and oxygen atoms in total. The third-order valence-electron chi connectivity index (χ3n) is 2.05. The lowest BCUT2D eigenvalue weighted by atomic mass is 10.0. The number of allylic oxidation sites excluding steroid dienone is 2. The molecule has 0 amide bonds. The lowest BCUT2D eigenvalue weighted by molar-refractivity contribution is -0.117. The van der Waals surface area contributed by atoms with Gasteiger partial charge in [-0.1, -0.05) is 12.2 Å². The Bertz CT molecular complexity index is 147. The maximum Gasteiger partial charge on any atom is 0.133 e. The fourth-order valence-electron chi connectivity index (χ4n) is 1.42. The average molecular weight is 138 g/mol. The SMILES string of the molecule is C/C=C/CC1CCC(=O)C1. The Morgan fingerprint density at radius 1 is 1.70 bits per heavy atom. The monoisotopic (exact) mass is 138 g/mol. The van der Waals surface area contributed by atoms with Crippen molar-refractivity contribution in [3.8, 4) is 0 Å². The first kappa shape index (κ1) is 7.52. The van der Waals surface area contributed by atoms with Gasteiger partial charge in [-0.25, -0.2) is 0 Å². The molecule has 0 spiro atoms. The van der Waals surface area contributed by atoms with Crippen molar-refractivity contribution in [2.45, 2.75) is 32.6 Å². The molecular formula is C9H14O. The highest BCUT2D eigenvalue weighted by Gasteiger charge is 2.20. The van der Waals surface area contributed by atoms with Crippen molar-refractivity contribution in [2.24, 2.45) is 5.92 Å². The van der Waals surface area contributed by atoms with E-state index in [0.29, 0.717) is 11.7 Å². The molecule has 0 aromatic carbocycles. The number of carbonyl (C=O) groups excluding carboxylic acids is 1. The summed E-state index contributed by atoms with van der Waals surface area (Å²) in [6.45, 7) is 2.02. The first-order valence-electron chi connectivity index (χ1n) is 3.95. The summed E-state index contributed by atoms with van der Waals surface area (Å²) < 4.78 is 0. The van der Waals surface area contributed by atoms with Crippen LogP contribution < -0.4 is 0 Å². The van der Waals surface area contributed by atoms with E-state index in [-0.39, 0.29) is 0 Å². The zero-order chi connectivity index (χ0) is 7.40. The minimum Gasteiger partial charge on any atom is -0.300 e. The number of hydrogen-bond acceptors (Lipinski definition) is 1. The van der Waals surface area contributed by atoms with E-state index in [1.807, 2.05) is 6.92 Å². The summed E-state index contributed by atoms with van der Waals surface area (Å²) in [6, 6.07) is 0. The van der Waals surface area contributed by atoms with Crippen LogP contribution in [0.1, 0.15) is 32.6 Å². The van der Waals surface area contributed by atoms with Crippen LogP contribution in [0.25, 0.3) is 0 Å². The molecule has 56 valence electrons. The molecule has 1 aliphatic carbocycles. The first-order valence-corrected chi connectivity index (χ1v) is 3.95. The number of rotatable bonds is 2. The van der Waals surface area contributed by atoms with Crippen molar-refractivity contribution in [2.75, 3.05) is 0 Å². The van der Waals surface area contributed by atoms with Gasteiger partial charge in [-0.2, -0.15) is 0 Å². The van der Waals surface area contributed by atoms with E-state index >= 15 is 0 Å². The quantitative estimate of drug-likeness (QED) is 0.535. The molecule has 0 aromatic rings. The predicted molar refractivity (Wildman–Crippen MR) is 41.8 cm³/mol. The second-order valence-corrected chi connectivity index (χ2v) is 2.95. The topological polar surface area (TPSA) is 17.1 Å². The highest BCUT2D eigenvalue weighted by Crippen LogP contribution is 2.24. The Balaban J connectivity index is 2.24. The lowest BCUT2D eigenvalue weighted by Crippen LogP contribution is -1.92. The molecule has 1 saturated carbocycles. The predicted octanol–water partition coefficient (Wildman–Crippen LogP) is 2.32. The smallest absolute Gasteiger partial charge is 0.133 e. The van der Waals surface area contributed by atoms with E-state index in [1.54, 1.807) is 0 Å². The van der Waals surface area contributed by atoms with Gasteiger partial charge < -0.3 is 0 Å². The number of hydrogen-bond donors (Lipinski definition) is 0. The largest absolute Gasteiger partial charge is 0.300 e. The minimum absolute atomic E-state index is 0.453. The molecule has 0 aromatic heterocycles. The average Bonchev–Trinajstić information content (AvgIpc) is 2.31. The standard InChI is InChI=1S/C9H14O/c1-2-3-4-8-5-6-9(10)7-8/h2-3,8H,4-7H2,1H3/b3-2+. The third kappa shape index (κ3) is 1.98. The third-order valence-corrected chi connectivity index (χ3v) is 2.05. The number of Topliss-reactive ketones (excluding diaryl/α,β-unsaturated/α-hetero) is 1. The van der Waals surface area contributed by atoms with Crippen molar-refractivity contribution in [3.63, 3.8) is 0 Å². The van der Waals surface area contributed by atoms with E-state index in [0.717, 1.165) is 25.7 Å². The van der Waals surface area contributed by atoms with E-state index < -0.39 is 0 Å². The second-order valence-electron chi connectivity index (χ2n) is 2.95. The summed E-state index contributed by atoms with van der Waals surface area (Å²) in [5, 5.41) is 0. The molecule has 1 heteroatoms. The lowest BCUT2D eigenvalue weighted by Gasteiger charge is -2.00. The van der Waals surface area contributed by atoms with Gasteiger partial charge in [0.1, 0.15) is 5.78 Å². The number of carbonyl (C=O) groups is 1. The normalized spacial score (nSPS) is 26.5. The van der Waals surface area contributed by atoms with E-state index in [9.17, 15) is 4.79 Å². The second kappa shape index (κ2) is 3.55. The van der Waals surface area contributed by atoms with Crippen LogP contribution in [0, 0.1) is 5.92 Å². The molecule has 1 aliphatic rings. The highest BCUT2D eigenvalue weighted by atomic mass is 16.1. The molecule has 1 rings (SSSR count). The van der Waals surface area contributed by atoms with Gasteiger partial charge in [-0.15, -0.1) is 0 Å². The Kier molecular flexibility index (Phi) is 2.67. The summed E-state index contributed by atoms with van der Waals surface area (Å²) in [7, 11) is 0. The van der Waals surface area contributed by atoms with Crippen molar-refractivity contribution >= 4 is 5.78 Å². The minimum atomic E-state index is 0.453. The van der Waals surface area contributed by atoms with Crippen molar-refractivity contribution in [3.05, 3.63) is 12.2 Å².